The van der Waals surface area contributed by atoms with Crippen molar-refractivity contribution < 1.29 is 74.0 Å². The van der Waals surface area contributed by atoms with Crippen LogP contribution in [0.5, 0.6) is 23.0 Å². The first-order chi connectivity index (χ1) is 33.3. The maximum atomic E-state index is 14.9. The quantitative estimate of drug-likeness (QED) is 0.140. The summed E-state index contributed by atoms with van der Waals surface area (Å²) in [6.07, 6.45) is 0. The van der Waals surface area contributed by atoms with Gasteiger partial charge in [0.25, 0.3) is 0 Å². The van der Waals surface area contributed by atoms with Gasteiger partial charge in [0.15, 0.2) is 34.6 Å². The monoisotopic (exact) mass is 993 g/mol. The summed E-state index contributed by atoms with van der Waals surface area (Å²) in [4.78, 5) is 39.8. The number of Topliss-reactive ketones (excluding diaryl/α,β-unsaturated/α-hetero) is 2. The Balaban J connectivity index is 0.00000782. The summed E-state index contributed by atoms with van der Waals surface area (Å²) in [5.41, 5.74) is 4.63. The van der Waals surface area contributed by atoms with E-state index in [0.717, 1.165) is 0 Å². The standard InChI is InChI=1S/C52H60N4O12.Cu/c1-35-49(51(57)39-13-15-45-47(33-39)67-31-27-63-23-19-59-17-21-61-25-29-65-45)36(2)54-43-11-7-8-12-44(43)56-38(4)50(37(3)55-42-10-6-5-9-41(42)53-35)52(58)40-14-16-46-48(34-40)68-32-28-64-24-20-60-18-22-62-26-30-66-46;/h5-16,33-34H,17-32H2,1-4H3,(H2,53,54,55,56,57,58);/q;+2/p-2. The molecule has 7 rings (SSSR count). The van der Waals surface area contributed by atoms with Gasteiger partial charge in [-0.05, 0) is 62.4 Å². The van der Waals surface area contributed by atoms with E-state index in [2.05, 4.69) is 0 Å². The van der Waals surface area contributed by atoms with Gasteiger partial charge < -0.3 is 58.0 Å². The molecule has 3 aliphatic heterocycles. The molecule has 369 valence electrons. The minimum Gasteiger partial charge on any atom is -0.659 e. The van der Waals surface area contributed by atoms with Crippen molar-refractivity contribution in [3.8, 4) is 23.0 Å². The van der Waals surface area contributed by atoms with Gasteiger partial charge in [0.05, 0.1) is 79.3 Å². The Kier molecular flexibility index (Phi) is 20.8. The van der Waals surface area contributed by atoms with Crippen molar-refractivity contribution in [3.63, 3.8) is 0 Å². The van der Waals surface area contributed by atoms with Crippen LogP contribution in [0.25, 0.3) is 10.6 Å². The molecule has 0 fully saturated rings. The van der Waals surface area contributed by atoms with E-state index in [-0.39, 0.29) is 66.2 Å². The van der Waals surface area contributed by atoms with E-state index in [1.807, 2.05) is 24.3 Å². The number of hydrogen-bond donors (Lipinski definition) is 0. The summed E-state index contributed by atoms with van der Waals surface area (Å²) in [5.74, 6) is 0.998. The van der Waals surface area contributed by atoms with E-state index in [1.54, 1.807) is 88.4 Å². The zero-order valence-electron chi connectivity index (χ0n) is 39.4. The number of nitrogens with zero attached hydrogens (tertiary/aromatic N) is 4. The first kappa shape index (κ1) is 52.5. The van der Waals surface area contributed by atoms with Crippen molar-refractivity contribution in [2.45, 2.75) is 27.7 Å². The number of carbonyl (C=O) groups is 2. The Bertz CT molecular complexity index is 2340. The van der Waals surface area contributed by atoms with Crippen LogP contribution in [0.4, 0.5) is 22.7 Å². The average molecular weight is 995 g/mol. The van der Waals surface area contributed by atoms with E-state index in [0.29, 0.717) is 159 Å². The number of carbonyl (C=O) groups excluding carboxylic acids is 2. The largest absolute Gasteiger partial charge is 2.00 e. The Morgan fingerprint density at radius 1 is 0.406 bits per heavy atom. The molecular formula is C52H58CuN4O12. The molecule has 17 heteroatoms. The molecule has 0 amide bonds. The van der Waals surface area contributed by atoms with Gasteiger partial charge in [-0.15, -0.1) is 22.8 Å². The van der Waals surface area contributed by atoms with Crippen LogP contribution in [0.2, 0.25) is 0 Å². The summed E-state index contributed by atoms with van der Waals surface area (Å²) in [5, 5.41) is 10.1. The number of rotatable bonds is 4. The molecule has 3 heterocycles. The van der Waals surface area contributed by atoms with Gasteiger partial charge in [0, 0.05) is 45.1 Å². The van der Waals surface area contributed by atoms with Crippen molar-refractivity contribution in [2.24, 2.45) is 9.98 Å². The second kappa shape index (κ2) is 27.3. The molecule has 0 bridgehead atoms. The minimum absolute atomic E-state index is 0. The van der Waals surface area contributed by atoms with Crippen LogP contribution in [0.1, 0.15) is 48.4 Å². The van der Waals surface area contributed by atoms with Crippen LogP contribution in [-0.2, 0) is 45.5 Å². The second-order valence-corrected chi connectivity index (χ2v) is 15.6. The second-order valence-electron chi connectivity index (χ2n) is 15.6. The van der Waals surface area contributed by atoms with Crippen molar-refractivity contribution in [3.05, 3.63) is 129 Å². The number of hydrogen-bond acceptors (Lipinski definition) is 14. The zero-order valence-corrected chi connectivity index (χ0v) is 40.3. The predicted molar refractivity (Wildman–Crippen MR) is 258 cm³/mol. The molecule has 0 saturated carbocycles. The number of ether oxygens (including phenoxy) is 10. The normalized spacial score (nSPS) is 19.7. The first-order valence-electron chi connectivity index (χ1n) is 22.8. The van der Waals surface area contributed by atoms with Crippen LogP contribution in [0.15, 0.2) is 117 Å². The van der Waals surface area contributed by atoms with E-state index >= 15 is 0 Å². The fourth-order valence-corrected chi connectivity index (χ4v) is 7.41. The SMILES string of the molecule is CC1=Nc2ccccc2[N-]/C(C)=C(/C(=O)c2ccc3c(c2)OCCOCCOCCOCCO3)C(C)=Nc2ccccc2[N-]/C(C)=C\1C(=O)c1ccc2c(c1)OCCOCCOCCOCCO2.[Cu+2]. The number of ketones is 2. The van der Waals surface area contributed by atoms with E-state index in [1.165, 1.54) is 0 Å². The van der Waals surface area contributed by atoms with Crippen LogP contribution in [0.3, 0.4) is 0 Å². The summed E-state index contributed by atoms with van der Waals surface area (Å²) in [6.45, 7) is 12.8. The van der Waals surface area contributed by atoms with Crippen LogP contribution in [0, 0.1) is 0 Å². The van der Waals surface area contributed by atoms with Crippen molar-refractivity contribution >= 4 is 45.7 Å². The third-order valence-corrected chi connectivity index (χ3v) is 10.7. The van der Waals surface area contributed by atoms with Gasteiger partial charge in [0.2, 0.25) is 0 Å². The minimum atomic E-state index is -0.339. The summed E-state index contributed by atoms with van der Waals surface area (Å²) in [6, 6.07) is 24.7. The fourth-order valence-electron chi connectivity index (χ4n) is 7.41. The first-order valence-corrected chi connectivity index (χ1v) is 22.8. The molecule has 0 aliphatic carbocycles. The third kappa shape index (κ3) is 15.1. The molecule has 69 heavy (non-hydrogen) atoms. The Morgan fingerprint density at radius 2 is 0.710 bits per heavy atom. The van der Waals surface area contributed by atoms with E-state index in [9.17, 15) is 9.59 Å². The topological polar surface area (TPSA) is 179 Å². The molecule has 4 aromatic rings. The van der Waals surface area contributed by atoms with Gasteiger partial charge in [0.1, 0.15) is 26.4 Å². The Hall–Kier alpha value is -5.88. The molecule has 0 saturated heterocycles. The maximum absolute atomic E-state index is 14.9. The number of allylic oxidation sites excluding steroid dienone is 4. The van der Waals surface area contributed by atoms with Crippen molar-refractivity contribution in [2.75, 3.05) is 106 Å². The molecule has 16 nitrogen and oxygen atoms in total. The molecule has 3 aliphatic rings. The van der Waals surface area contributed by atoms with E-state index < -0.39 is 0 Å². The van der Waals surface area contributed by atoms with Gasteiger partial charge in [-0.3, -0.25) is 19.6 Å². The molecule has 0 atom stereocenters. The molecule has 4 aromatic carbocycles. The number of aliphatic imine (C=N–C) groups is 2. The molecular weight excluding hydrogens is 936 g/mol. The van der Waals surface area contributed by atoms with Gasteiger partial charge in [-0.1, -0.05) is 50.2 Å². The van der Waals surface area contributed by atoms with Crippen LogP contribution >= 0.6 is 0 Å². The molecule has 0 N–H and O–H groups in total. The molecule has 0 unspecified atom stereocenters. The number of para-hydroxylation sites is 4. The number of fused-ring (bicyclic) bond motifs is 4. The summed E-state index contributed by atoms with van der Waals surface area (Å²) in [7, 11) is 0. The molecule has 0 spiro atoms. The fraction of sp³-hybridized carbons (Fsp3) is 0.385. The van der Waals surface area contributed by atoms with Gasteiger partial charge in [-0.25, -0.2) is 0 Å². The summed E-state index contributed by atoms with van der Waals surface area (Å²) < 4.78 is 58.0. The predicted octanol–water partition coefficient (Wildman–Crippen LogP) is 9.55. The third-order valence-electron chi connectivity index (χ3n) is 10.7. The van der Waals surface area contributed by atoms with Crippen molar-refractivity contribution in [1.82, 2.24) is 0 Å². The van der Waals surface area contributed by atoms with Crippen molar-refractivity contribution in [1.29, 1.82) is 0 Å². The average Bonchev–Trinajstić information content (AvgIpc) is 3.35. The van der Waals surface area contributed by atoms with Crippen LogP contribution in [-0.4, -0.2) is 129 Å². The molecule has 1 radical (unpaired) electrons. The maximum Gasteiger partial charge on any atom is 2.00 e. The van der Waals surface area contributed by atoms with Crippen LogP contribution < -0.4 is 18.9 Å². The Morgan fingerprint density at radius 3 is 1.06 bits per heavy atom. The Labute approximate surface area is 413 Å². The van der Waals surface area contributed by atoms with Gasteiger partial charge >= 0.3 is 17.1 Å². The summed E-state index contributed by atoms with van der Waals surface area (Å²) >= 11 is 0. The number of benzene rings is 4. The van der Waals surface area contributed by atoms with E-state index in [4.69, 9.17) is 68.0 Å². The zero-order chi connectivity index (χ0) is 47.5. The molecule has 0 aromatic heterocycles. The van der Waals surface area contributed by atoms with Gasteiger partial charge in [-0.2, -0.15) is 0 Å². The smallest absolute Gasteiger partial charge is 0.659 e.